The first kappa shape index (κ1) is 6.35. The number of hydrogen-bond donors (Lipinski definition) is 1. The highest BCUT2D eigenvalue weighted by Gasteiger charge is 2.33. The van der Waals surface area contributed by atoms with Gasteiger partial charge in [0.15, 0.2) is 0 Å². The van der Waals surface area contributed by atoms with Crippen LogP contribution < -0.4 is 5.32 Å². The Balaban J connectivity index is 1.89. The number of rotatable bonds is 1. The summed E-state index contributed by atoms with van der Waals surface area (Å²) in [5.74, 6) is 1.29. The van der Waals surface area contributed by atoms with E-state index in [1.165, 1.54) is 12.8 Å². The van der Waals surface area contributed by atoms with Crippen LogP contribution in [-0.2, 0) is 4.79 Å². The molecule has 56 valence electrons. The number of nitrogens with one attached hydrogen (secondary N) is 1. The largest absolute Gasteiger partial charge is 0.313 e. The molecule has 0 aromatic heterocycles. The third-order valence-corrected chi connectivity index (χ3v) is 2.45. The maximum Gasteiger partial charge on any atom is 0.135 e. The molecule has 0 aromatic carbocycles. The number of carbonyl (C=O) groups is 1. The van der Waals surface area contributed by atoms with Crippen molar-refractivity contribution < 1.29 is 4.79 Å². The highest BCUT2D eigenvalue weighted by atomic mass is 16.1. The van der Waals surface area contributed by atoms with Crippen LogP contribution in [0, 0.1) is 5.92 Å². The minimum atomic E-state index is 0.454. The predicted molar refractivity (Wildman–Crippen MR) is 38.8 cm³/mol. The SMILES string of the molecule is O=C1CCNC(C2CC2)C1. The summed E-state index contributed by atoms with van der Waals surface area (Å²) in [6.45, 7) is 0.917. The van der Waals surface area contributed by atoms with E-state index in [2.05, 4.69) is 5.32 Å². The van der Waals surface area contributed by atoms with Gasteiger partial charge in [-0.05, 0) is 18.8 Å². The first-order chi connectivity index (χ1) is 4.86. The van der Waals surface area contributed by atoms with E-state index in [-0.39, 0.29) is 0 Å². The lowest BCUT2D eigenvalue weighted by Crippen LogP contribution is -2.39. The van der Waals surface area contributed by atoms with Gasteiger partial charge in [-0.1, -0.05) is 0 Å². The van der Waals surface area contributed by atoms with E-state index in [1.807, 2.05) is 0 Å². The molecule has 1 aliphatic heterocycles. The van der Waals surface area contributed by atoms with Crippen molar-refractivity contribution in [2.45, 2.75) is 31.7 Å². The third-order valence-electron chi connectivity index (χ3n) is 2.45. The Hall–Kier alpha value is -0.370. The van der Waals surface area contributed by atoms with Gasteiger partial charge in [-0.3, -0.25) is 4.79 Å². The normalized spacial score (nSPS) is 34.4. The van der Waals surface area contributed by atoms with Crippen molar-refractivity contribution in [2.24, 2.45) is 5.92 Å². The molecule has 2 fully saturated rings. The molecule has 0 amide bonds. The van der Waals surface area contributed by atoms with Crippen LogP contribution in [0.4, 0.5) is 0 Å². The average molecular weight is 139 g/mol. The van der Waals surface area contributed by atoms with Crippen molar-refractivity contribution >= 4 is 5.78 Å². The van der Waals surface area contributed by atoms with Crippen molar-refractivity contribution in [3.8, 4) is 0 Å². The fourth-order valence-corrected chi connectivity index (χ4v) is 1.65. The van der Waals surface area contributed by atoms with Crippen molar-refractivity contribution in [1.82, 2.24) is 5.32 Å². The summed E-state index contributed by atoms with van der Waals surface area (Å²) in [7, 11) is 0. The molecule has 1 saturated heterocycles. The van der Waals surface area contributed by atoms with E-state index >= 15 is 0 Å². The number of carbonyl (C=O) groups excluding carboxylic acids is 1. The average Bonchev–Trinajstić information content (AvgIpc) is 2.68. The predicted octanol–water partition coefficient (Wildman–Crippen LogP) is 0.718. The topological polar surface area (TPSA) is 29.1 Å². The second kappa shape index (κ2) is 2.35. The van der Waals surface area contributed by atoms with Crippen molar-refractivity contribution in [3.63, 3.8) is 0 Å². The van der Waals surface area contributed by atoms with Crippen LogP contribution in [0.25, 0.3) is 0 Å². The fourth-order valence-electron chi connectivity index (χ4n) is 1.65. The van der Waals surface area contributed by atoms with E-state index in [0.717, 1.165) is 25.3 Å². The zero-order valence-electron chi connectivity index (χ0n) is 6.10. The summed E-state index contributed by atoms with van der Waals surface area (Å²) in [5, 5.41) is 3.39. The second-order valence-corrected chi connectivity index (χ2v) is 3.39. The number of piperidine rings is 1. The minimum Gasteiger partial charge on any atom is -0.313 e. The Morgan fingerprint density at radius 3 is 2.80 bits per heavy atom. The molecule has 2 heteroatoms. The van der Waals surface area contributed by atoms with Crippen molar-refractivity contribution in [1.29, 1.82) is 0 Å². The van der Waals surface area contributed by atoms with Crippen LogP contribution in [0.3, 0.4) is 0 Å². The van der Waals surface area contributed by atoms with E-state index in [1.54, 1.807) is 0 Å². The molecule has 1 aliphatic carbocycles. The lowest BCUT2D eigenvalue weighted by Gasteiger charge is -2.21. The molecule has 0 aromatic rings. The highest BCUT2D eigenvalue weighted by molar-refractivity contribution is 5.80. The fraction of sp³-hybridized carbons (Fsp3) is 0.875. The van der Waals surface area contributed by atoms with Gasteiger partial charge in [-0.2, -0.15) is 0 Å². The molecular weight excluding hydrogens is 126 g/mol. The Morgan fingerprint density at radius 1 is 1.40 bits per heavy atom. The van der Waals surface area contributed by atoms with Gasteiger partial charge in [0.1, 0.15) is 5.78 Å². The van der Waals surface area contributed by atoms with E-state index in [4.69, 9.17) is 0 Å². The molecule has 10 heavy (non-hydrogen) atoms. The molecular formula is C8H13NO. The summed E-state index contributed by atoms with van der Waals surface area (Å²) in [6.07, 6.45) is 4.23. The lowest BCUT2D eigenvalue weighted by molar-refractivity contribution is -0.120. The molecule has 0 spiro atoms. The lowest BCUT2D eigenvalue weighted by atomic mass is 10.00. The zero-order valence-corrected chi connectivity index (χ0v) is 6.10. The molecule has 1 atom stereocenters. The number of Topliss-reactive ketones (excluding diaryl/α,β-unsaturated/α-hetero) is 1. The maximum absolute atomic E-state index is 11.0. The van der Waals surface area contributed by atoms with Crippen LogP contribution in [-0.4, -0.2) is 18.4 Å². The summed E-state index contributed by atoms with van der Waals surface area (Å²) < 4.78 is 0. The Bertz CT molecular complexity index is 151. The molecule has 0 radical (unpaired) electrons. The summed E-state index contributed by atoms with van der Waals surface area (Å²) in [4.78, 5) is 11.0. The highest BCUT2D eigenvalue weighted by Crippen LogP contribution is 2.34. The molecule has 2 rings (SSSR count). The van der Waals surface area contributed by atoms with Gasteiger partial charge in [0.25, 0.3) is 0 Å². The van der Waals surface area contributed by atoms with Gasteiger partial charge in [0.2, 0.25) is 0 Å². The van der Waals surface area contributed by atoms with Gasteiger partial charge < -0.3 is 5.32 Å². The molecule has 0 bridgehead atoms. The third kappa shape index (κ3) is 1.21. The molecule has 1 N–H and O–H groups in total. The second-order valence-electron chi connectivity index (χ2n) is 3.39. The van der Waals surface area contributed by atoms with Crippen LogP contribution in [0.5, 0.6) is 0 Å². The van der Waals surface area contributed by atoms with Crippen LogP contribution in [0.2, 0.25) is 0 Å². The van der Waals surface area contributed by atoms with Gasteiger partial charge in [-0.15, -0.1) is 0 Å². The molecule has 2 aliphatic rings. The summed E-state index contributed by atoms with van der Waals surface area (Å²) in [5.41, 5.74) is 0. The van der Waals surface area contributed by atoms with E-state index < -0.39 is 0 Å². The smallest absolute Gasteiger partial charge is 0.135 e. The zero-order chi connectivity index (χ0) is 6.97. The van der Waals surface area contributed by atoms with Gasteiger partial charge in [0, 0.05) is 25.4 Å². The van der Waals surface area contributed by atoms with Crippen molar-refractivity contribution in [3.05, 3.63) is 0 Å². The van der Waals surface area contributed by atoms with Crippen LogP contribution >= 0.6 is 0 Å². The van der Waals surface area contributed by atoms with E-state index in [0.29, 0.717) is 11.8 Å². The molecule has 2 nitrogen and oxygen atoms in total. The van der Waals surface area contributed by atoms with Gasteiger partial charge in [-0.25, -0.2) is 0 Å². The van der Waals surface area contributed by atoms with Crippen LogP contribution in [0.15, 0.2) is 0 Å². The Kier molecular flexibility index (Phi) is 1.49. The number of ketones is 1. The van der Waals surface area contributed by atoms with Gasteiger partial charge >= 0.3 is 0 Å². The van der Waals surface area contributed by atoms with Crippen molar-refractivity contribution in [2.75, 3.05) is 6.54 Å². The Morgan fingerprint density at radius 2 is 2.20 bits per heavy atom. The quantitative estimate of drug-likeness (QED) is 0.580. The number of hydrogen-bond acceptors (Lipinski definition) is 2. The van der Waals surface area contributed by atoms with Crippen LogP contribution in [0.1, 0.15) is 25.7 Å². The first-order valence-corrected chi connectivity index (χ1v) is 4.11. The minimum absolute atomic E-state index is 0.454. The first-order valence-electron chi connectivity index (χ1n) is 4.11. The Labute approximate surface area is 61.0 Å². The monoisotopic (exact) mass is 139 g/mol. The molecule has 1 unspecified atom stereocenters. The molecule has 1 saturated carbocycles. The maximum atomic E-state index is 11.0. The van der Waals surface area contributed by atoms with Gasteiger partial charge in [0.05, 0.1) is 0 Å². The molecule has 1 heterocycles. The summed E-state index contributed by atoms with van der Waals surface area (Å²) in [6, 6.07) is 0.543. The van der Waals surface area contributed by atoms with E-state index in [9.17, 15) is 4.79 Å². The standard InChI is InChI=1S/C8H13NO/c10-7-3-4-9-8(5-7)6-1-2-6/h6,8-9H,1-5H2. The summed E-state index contributed by atoms with van der Waals surface area (Å²) >= 11 is 0.